The minimum Gasteiger partial charge on any atom is -0.497 e. The monoisotopic (exact) mass is 468 g/mol. The maximum atomic E-state index is 12.9. The van der Waals surface area contributed by atoms with Gasteiger partial charge >= 0.3 is 0 Å². The first-order valence-electron chi connectivity index (χ1n) is 10.3. The highest BCUT2D eigenvalue weighted by Crippen LogP contribution is 2.26. The van der Waals surface area contributed by atoms with Gasteiger partial charge in [0.05, 0.1) is 19.1 Å². The number of ether oxygens (including phenoxy) is 2. The van der Waals surface area contributed by atoms with Crippen molar-refractivity contribution in [3.05, 3.63) is 82.9 Å². The zero-order valence-electron chi connectivity index (χ0n) is 19.4. The van der Waals surface area contributed by atoms with E-state index in [1.165, 1.54) is 0 Å². The number of hydrogen-bond donors (Lipinski definition) is 1. The zero-order chi connectivity index (χ0) is 24.2. The van der Waals surface area contributed by atoms with Crippen LogP contribution in [0.25, 0.3) is 0 Å². The average molecular weight is 469 g/mol. The van der Waals surface area contributed by atoms with Crippen LogP contribution in [0, 0.1) is 13.8 Å². The predicted octanol–water partition coefficient (Wildman–Crippen LogP) is 4.39. The van der Waals surface area contributed by atoms with Crippen LogP contribution in [0.5, 0.6) is 11.5 Å². The molecule has 1 amide bonds. The summed E-state index contributed by atoms with van der Waals surface area (Å²) >= 11 is 0. The molecular formula is C25H28N2O5S. The Bertz CT molecular complexity index is 1250. The Morgan fingerprint density at radius 1 is 0.909 bits per heavy atom. The van der Waals surface area contributed by atoms with Gasteiger partial charge in [0.1, 0.15) is 11.5 Å². The molecule has 0 bridgehead atoms. The van der Waals surface area contributed by atoms with Gasteiger partial charge in [0, 0.05) is 36.5 Å². The number of benzene rings is 3. The maximum Gasteiger partial charge on any atom is 0.261 e. The number of amides is 1. The number of methoxy groups -OCH3 is 2. The summed E-state index contributed by atoms with van der Waals surface area (Å²) in [6.45, 7) is 4.14. The van der Waals surface area contributed by atoms with Crippen molar-refractivity contribution >= 4 is 21.6 Å². The molecule has 33 heavy (non-hydrogen) atoms. The second kappa shape index (κ2) is 9.95. The number of aryl methyl sites for hydroxylation is 2. The summed E-state index contributed by atoms with van der Waals surface area (Å²) in [5.74, 6) is 1.10. The number of anilines is 1. The van der Waals surface area contributed by atoms with Gasteiger partial charge in [-0.05, 0) is 73.5 Å². The minimum absolute atomic E-state index is 0.193. The molecule has 174 valence electrons. The van der Waals surface area contributed by atoms with Gasteiger partial charge in [-0.3, -0.25) is 9.52 Å². The third-order valence-electron chi connectivity index (χ3n) is 5.42. The van der Waals surface area contributed by atoms with Crippen molar-refractivity contribution in [1.29, 1.82) is 0 Å². The summed E-state index contributed by atoms with van der Waals surface area (Å²) in [6, 6.07) is 16.8. The quantitative estimate of drug-likeness (QED) is 0.530. The van der Waals surface area contributed by atoms with Gasteiger partial charge in [-0.25, -0.2) is 8.42 Å². The molecule has 0 aliphatic heterocycles. The summed E-state index contributed by atoms with van der Waals surface area (Å²) in [4.78, 5) is 14.6. The van der Waals surface area contributed by atoms with E-state index in [1.807, 2.05) is 26.0 Å². The first kappa shape index (κ1) is 24.1. The Morgan fingerprint density at radius 3 is 2.21 bits per heavy atom. The summed E-state index contributed by atoms with van der Waals surface area (Å²) in [5.41, 5.74) is 3.58. The van der Waals surface area contributed by atoms with Crippen LogP contribution in [-0.2, 0) is 16.6 Å². The van der Waals surface area contributed by atoms with E-state index in [9.17, 15) is 13.2 Å². The normalized spacial score (nSPS) is 11.1. The van der Waals surface area contributed by atoms with Gasteiger partial charge in [0.25, 0.3) is 15.9 Å². The van der Waals surface area contributed by atoms with Crippen molar-refractivity contribution in [2.45, 2.75) is 25.3 Å². The molecule has 0 aliphatic carbocycles. The summed E-state index contributed by atoms with van der Waals surface area (Å²) in [6.07, 6.45) is 0. The van der Waals surface area contributed by atoms with E-state index in [4.69, 9.17) is 9.47 Å². The predicted molar refractivity (Wildman–Crippen MR) is 129 cm³/mol. The van der Waals surface area contributed by atoms with Crippen molar-refractivity contribution < 1.29 is 22.7 Å². The molecule has 3 aromatic carbocycles. The SMILES string of the molecule is COc1ccc(CN(C)C(=O)c2ccc(NS(=O)(=O)c3ccc(C)c(C)c3)cc2)c(OC)c1. The molecule has 0 fully saturated rings. The third kappa shape index (κ3) is 5.64. The topological polar surface area (TPSA) is 84.9 Å². The molecular weight excluding hydrogens is 440 g/mol. The van der Waals surface area contributed by atoms with Crippen LogP contribution < -0.4 is 14.2 Å². The fourth-order valence-corrected chi connectivity index (χ4v) is 4.45. The van der Waals surface area contributed by atoms with E-state index < -0.39 is 10.0 Å². The lowest BCUT2D eigenvalue weighted by atomic mass is 10.1. The molecule has 1 N–H and O–H groups in total. The van der Waals surface area contributed by atoms with Crippen LogP contribution in [-0.4, -0.2) is 40.5 Å². The second-order valence-corrected chi connectivity index (χ2v) is 9.45. The molecule has 0 spiro atoms. The van der Waals surface area contributed by atoms with Gasteiger partial charge in [0.2, 0.25) is 0 Å². The molecule has 7 nitrogen and oxygen atoms in total. The van der Waals surface area contributed by atoms with Crippen LogP contribution in [0.3, 0.4) is 0 Å². The lowest BCUT2D eigenvalue weighted by Crippen LogP contribution is -2.26. The van der Waals surface area contributed by atoms with Crippen LogP contribution in [0.2, 0.25) is 0 Å². The standard InChI is InChI=1S/C25H28N2O5S/c1-17-6-13-23(14-18(17)2)33(29,30)26-21-10-7-19(8-11-21)25(28)27(3)16-20-9-12-22(31-4)15-24(20)32-5/h6-15,26H,16H2,1-5H3. The van der Waals surface area contributed by atoms with E-state index in [0.717, 1.165) is 16.7 Å². The fourth-order valence-electron chi connectivity index (χ4n) is 3.31. The van der Waals surface area contributed by atoms with E-state index >= 15 is 0 Å². The summed E-state index contributed by atoms with van der Waals surface area (Å²) in [5, 5.41) is 0. The zero-order valence-corrected chi connectivity index (χ0v) is 20.2. The van der Waals surface area contributed by atoms with Gasteiger partial charge in [-0.1, -0.05) is 6.07 Å². The number of nitrogens with one attached hydrogen (secondary N) is 1. The number of carbonyl (C=O) groups is 1. The average Bonchev–Trinajstić information content (AvgIpc) is 2.80. The van der Waals surface area contributed by atoms with E-state index in [1.54, 1.807) is 74.7 Å². The van der Waals surface area contributed by atoms with Crippen LogP contribution in [0.1, 0.15) is 27.0 Å². The van der Waals surface area contributed by atoms with Gasteiger partial charge in [-0.15, -0.1) is 0 Å². The minimum atomic E-state index is -3.73. The molecule has 0 heterocycles. The molecule has 3 aromatic rings. The molecule has 0 unspecified atom stereocenters. The maximum absolute atomic E-state index is 12.9. The van der Waals surface area contributed by atoms with Crippen LogP contribution in [0.4, 0.5) is 5.69 Å². The van der Waals surface area contributed by atoms with Crippen molar-refractivity contribution in [1.82, 2.24) is 4.90 Å². The Morgan fingerprint density at radius 2 is 1.61 bits per heavy atom. The highest BCUT2D eigenvalue weighted by atomic mass is 32.2. The number of rotatable bonds is 8. The number of sulfonamides is 1. The van der Waals surface area contributed by atoms with Gasteiger partial charge < -0.3 is 14.4 Å². The Balaban J connectivity index is 1.71. The molecule has 0 saturated heterocycles. The van der Waals surface area contributed by atoms with Crippen LogP contribution in [0.15, 0.2) is 65.6 Å². The first-order chi connectivity index (χ1) is 15.6. The van der Waals surface area contributed by atoms with Crippen molar-refractivity contribution in [3.8, 4) is 11.5 Å². The summed E-state index contributed by atoms with van der Waals surface area (Å²) < 4.78 is 38.6. The van der Waals surface area contributed by atoms with Crippen molar-refractivity contribution in [3.63, 3.8) is 0 Å². The highest BCUT2D eigenvalue weighted by molar-refractivity contribution is 7.92. The van der Waals surface area contributed by atoms with Crippen molar-refractivity contribution in [2.75, 3.05) is 26.0 Å². The lowest BCUT2D eigenvalue weighted by Gasteiger charge is -2.19. The fraction of sp³-hybridized carbons (Fsp3) is 0.240. The molecule has 0 aromatic heterocycles. The van der Waals surface area contributed by atoms with Crippen LogP contribution >= 0.6 is 0 Å². The molecule has 0 atom stereocenters. The van der Waals surface area contributed by atoms with Gasteiger partial charge in [-0.2, -0.15) is 0 Å². The van der Waals surface area contributed by atoms with Gasteiger partial charge in [0.15, 0.2) is 0 Å². The van der Waals surface area contributed by atoms with E-state index in [0.29, 0.717) is 29.3 Å². The molecule has 3 rings (SSSR count). The number of hydrogen-bond acceptors (Lipinski definition) is 5. The largest absolute Gasteiger partial charge is 0.497 e. The lowest BCUT2D eigenvalue weighted by molar-refractivity contribution is 0.0784. The smallest absolute Gasteiger partial charge is 0.261 e. The first-order valence-corrected chi connectivity index (χ1v) is 11.8. The van der Waals surface area contributed by atoms with E-state index in [-0.39, 0.29) is 10.8 Å². The molecule has 8 heteroatoms. The third-order valence-corrected chi connectivity index (χ3v) is 6.80. The Labute approximate surface area is 195 Å². The molecule has 0 aliphatic rings. The molecule has 0 radical (unpaired) electrons. The van der Waals surface area contributed by atoms with E-state index in [2.05, 4.69) is 4.72 Å². The van der Waals surface area contributed by atoms with Crippen molar-refractivity contribution in [2.24, 2.45) is 0 Å². The summed E-state index contributed by atoms with van der Waals surface area (Å²) in [7, 11) is 1.12. The Kier molecular flexibility index (Phi) is 7.28. The Hall–Kier alpha value is -3.52. The molecule has 0 saturated carbocycles. The number of nitrogens with zero attached hydrogens (tertiary/aromatic N) is 1. The highest BCUT2D eigenvalue weighted by Gasteiger charge is 2.17. The second-order valence-electron chi connectivity index (χ2n) is 7.77. The number of carbonyl (C=O) groups excluding carboxylic acids is 1.